The first-order chi connectivity index (χ1) is 13.5. The second kappa shape index (κ2) is 8.16. The van der Waals surface area contributed by atoms with Crippen LogP contribution in [0.3, 0.4) is 0 Å². The Bertz CT molecular complexity index is 1020. The van der Waals surface area contributed by atoms with E-state index >= 15 is 0 Å². The van der Waals surface area contributed by atoms with Crippen molar-refractivity contribution in [2.75, 3.05) is 6.61 Å². The number of carbonyl (C=O) groups is 1. The van der Waals surface area contributed by atoms with Crippen LogP contribution in [0.2, 0.25) is 0 Å². The molecule has 0 fully saturated rings. The zero-order valence-electron chi connectivity index (χ0n) is 15.2. The Morgan fingerprint density at radius 1 is 1.36 bits per heavy atom. The molecule has 0 unspecified atom stereocenters. The molecule has 3 aromatic rings. The molecule has 144 valence electrons. The molecule has 0 atom stereocenters. The highest BCUT2D eigenvalue weighted by Crippen LogP contribution is 2.28. The number of hydrogen-bond donors (Lipinski definition) is 1. The maximum Gasteiger partial charge on any atom is 0.433 e. The second-order valence-corrected chi connectivity index (χ2v) is 5.70. The van der Waals surface area contributed by atoms with E-state index in [1.54, 1.807) is 17.8 Å². The molecule has 1 aromatic carbocycles. The highest BCUT2D eigenvalue weighted by molar-refractivity contribution is 5.88. The summed E-state index contributed by atoms with van der Waals surface area (Å²) in [5, 5.41) is 19.2. The molecule has 28 heavy (non-hydrogen) atoms. The largest absolute Gasteiger partial charge is 0.449 e. The Morgan fingerprint density at radius 2 is 2.11 bits per heavy atom. The molecule has 0 bridgehead atoms. The summed E-state index contributed by atoms with van der Waals surface area (Å²) in [6.45, 7) is 3.87. The number of hydrazone groups is 1. The van der Waals surface area contributed by atoms with Gasteiger partial charge in [-0.05, 0) is 32.0 Å². The number of ether oxygens (including phenoxy) is 1. The molecular formula is C18H17N5O5. The first kappa shape index (κ1) is 18.8. The zero-order chi connectivity index (χ0) is 20.1. The number of benzene rings is 1. The quantitative estimate of drug-likeness (QED) is 0.395. The molecule has 1 N–H and O–H groups in total. The molecule has 2 heterocycles. The van der Waals surface area contributed by atoms with E-state index in [9.17, 15) is 14.9 Å². The predicted octanol–water partition coefficient (Wildman–Crippen LogP) is 3.43. The van der Waals surface area contributed by atoms with Crippen molar-refractivity contribution in [1.29, 1.82) is 0 Å². The van der Waals surface area contributed by atoms with Gasteiger partial charge in [0.05, 0.1) is 24.6 Å². The fourth-order valence-corrected chi connectivity index (χ4v) is 2.37. The summed E-state index contributed by atoms with van der Waals surface area (Å²) in [6.07, 6.45) is 2.34. The summed E-state index contributed by atoms with van der Waals surface area (Å²) in [5.41, 5.74) is 4.93. The van der Waals surface area contributed by atoms with Crippen molar-refractivity contribution >= 4 is 18.2 Å². The monoisotopic (exact) mass is 383 g/mol. The minimum absolute atomic E-state index is 0.204. The normalized spacial score (nSPS) is 10.9. The van der Waals surface area contributed by atoms with Crippen LogP contribution in [0.5, 0.6) is 0 Å². The third-order valence-electron chi connectivity index (χ3n) is 3.68. The van der Waals surface area contributed by atoms with Gasteiger partial charge in [0, 0.05) is 11.8 Å². The molecule has 10 nitrogen and oxygen atoms in total. The van der Waals surface area contributed by atoms with E-state index in [2.05, 4.69) is 15.6 Å². The molecule has 0 saturated heterocycles. The van der Waals surface area contributed by atoms with Gasteiger partial charge in [-0.3, -0.25) is 10.1 Å². The minimum Gasteiger partial charge on any atom is -0.449 e. The molecule has 0 radical (unpaired) electrons. The van der Waals surface area contributed by atoms with Crippen LogP contribution >= 0.6 is 0 Å². The summed E-state index contributed by atoms with van der Waals surface area (Å²) in [5.74, 6) is -0.192. The number of amides is 1. The Morgan fingerprint density at radius 3 is 2.75 bits per heavy atom. The lowest BCUT2D eigenvalue weighted by molar-refractivity contribution is -0.401. The van der Waals surface area contributed by atoms with E-state index in [0.29, 0.717) is 11.3 Å². The number of aromatic nitrogens is 2. The van der Waals surface area contributed by atoms with Crippen molar-refractivity contribution in [2.45, 2.75) is 13.8 Å². The molecule has 1 amide bonds. The van der Waals surface area contributed by atoms with Crippen LogP contribution in [0.4, 0.5) is 10.7 Å². The number of aryl methyl sites for hydroxylation is 1. The van der Waals surface area contributed by atoms with Crippen molar-refractivity contribution in [3.8, 4) is 17.1 Å². The van der Waals surface area contributed by atoms with E-state index in [1.807, 2.05) is 31.2 Å². The molecule has 2 aromatic heterocycles. The van der Waals surface area contributed by atoms with Crippen molar-refractivity contribution in [2.24, 2.45) is 5.10 Å². The lowest BCUT2D eigenvalue weighted by atomic mass is 10.2. The lowest BCUT2D eigenvalue weighted by Crippen LogP contribution is -2.18. The summed E-state index contributed by atoms with van der Waals surface area (Å²) >= 11 is 0. The first-order valence-corrected chi connectivity index (χ1v) is 8.35. The zero-order valence-corrected chi connectivity index (χ0v) is 15.2. The van der Waals surface area contributed by atoms with Gasteiger partial charge in [-0.2, -0.15) is 10.2 Å². The Balaban J connectivity index is 1.97. The van der Waals surface area contributed by atoms with Crippen molar-refractivity contribution in [1.82, 2.24) is 15.2 Å². The van der Waals surface area contributed by atoms with Crippen LogP contribution in [0.15, 0.2) is 52.1 Å². The molecule has 0 aliphatic carbocycles. The third kappa shape index (κ3) is 4.23. The highest BCUT2D eigenvalue weighted by atomic mass is 16.6. The lowest BCUT2D eigenvalue weighted by Gasteiger charge is -2.00. The number of hydrogen-bond acceptors (Lipinski definition) is 7. The Hall–Kier alpha value is -3.95. The van der Waals surface area contributed by atoms with Crippen molar-refractivity contribution in [3.63, 3.8) is 0 Å². The van der Waals surface area contributed by atoms with Crippen LogP contribution in [0.25, 0.3) is 17.1 Å². The number of nitrogens with one attached hydrogen (secondary N) is 1. The summed E-state index contributed by atoms with van der Waals surface area (Å²) in [7, 11) is 0. The van der Waals surface area contributed by atoms with E-state index in [1.165, 1.54) is 18.3 Å². The van der Waals surface area contributed by atoms with Gasteiger partial charge in [0.15, 0.2) is 5.76 Å². The maximum absolute atomic E-state index is 11.4. The number of furan rings is 1. The number of rotatable bonds is 6. The molecule has 0 saturated carbocycles. The van der Waals surface area contributed by atoms with Crippen molar-refractivity contribution < 1.29 is 18.9 Å². The van der Waals surface area contributed by atoms with Crippen LogP contribution in [0.1, 0.15) is 18.1 Å². The number of carbonyl (C=O) groups excluding carboxylic acids is 1. The van der Waals surface area contributed by atoms with Gasteiger partial charge in [-0.1, -0.05) is 17.7 Å². The molecular weight excluding hydrogens is 366 g/mol. The molecule has 3 rings (SSSR count). The molecule has 10 heteroatoms. The number of nitro groups is 1. The Labute approximate surface area is 159 Å². The van der Waals surface area contributed by atoms with Gasteiger partial charge in [-0.15, -0.1) is 0 Å². The molecule has 0 aliphatic rings. The predicted molar refractivity (Wildman–Crippen MR) is 100 cm³/mol. The van der Waals surface area contributed by atoms with E-state index < -0.39 is 16.9 Å². The van der Waals surface area contributed by atoms with E-state index in [4.69, 9.17) is 9.15 Å². The average molecular weight is 383 g/mol. The standard InChI is InChI=1S/C18H17N5O5/c1-3-27-18(24)20-19-10-13-11-22(14-6-4-12(2)5-7-14)21-17(13)15-8-9-16(28-15)23(25)26/h4-11H,3H2,1-2H3,(H,20,24)/b19-10+. The van der Waals surface area contributed by atoms with Crippen molar-refractivity contribution in [3.05, 3.63) is 63.8 Å². The SMILES string of the molecule is CCOC(=O)N/N=C/c1cn(-c2ccc(C)cc2)nc1-c1ccc([N+](=O)[O-])o1. The van der Waals surface area contributed by atoms with Gasteiger partial charge in [-0.25, -0.2) is 14.9 Å². The number of nitrogens with zero attached hydrogens (tertiary/aromatic N) is 4. The maximum atomic E-state index is 11.4. The Kier molecular flexibility index (Phi) is 5.49. The van der Waals surface area contributed by atoms with Crippen LogP contribution in [-0.2, 0) is 4.74 Å². The molecule has 0 spiro atoms. The van der Waals surface area contributed by atoms with Gasteiger partial charge < -0.3 is 9.15 Å². The van der Waals surface area contributed by atoms with Crippen LogP contribution in [-0.4, -0.2) is 33.6 Å². The average Bonchev–Trinajstić information content (AvgIpc) is 3.30. The van der Waals surface area contributed by atoms with Gasteiger partial charge in [0.25, 0.3) is 0 Å². The van der Waals surface area contributed by atoms with Gasteiger partial charge >= 0.3 is 12.0 Å². The summed E-state index contributed by atoms with van der Waals surface area (Å²) < 4.78 is 11.6. The fraction of sp³-hybridized carbons (Fsp3) is 0.167. The first-order valence-electron chi connectivity index (χ1n) is 8.35. The van der Waals surface area contributed by atoms with Gasteiger partial charge in [0.1, 0.15) is 10.6 Å². The second-order valence-electron chi connectivity index (χ2n) is 5.70. The topological polar surface area (TPSA) is 125 Å². The highest BCUT2D eigenvalue weighted by Gasteiger charge is 2.19. The summed E-state index contributed by atoms with van der Waals surface area (Å²) in [6, 6.07) is 10.3. The third-order valence-corrected chi connectivity index (χ3v) is 3.68. The van der Waals surface area contributed by atoms with Crippen LogP contribution < -0.4 is 5.43 Å². The molecule has 0 aliphatic heterocycles. The minimum atomic E-state index is -0.695. The van der Waals surface area contributed by atoms with Crippen LogP contribution in [0, 0.1) is 17.0 Å². The fourth-order valence-electron chi connectivity index (χ4n) is 2.37. The van der Waals surface area contributed by atoms with Gasteiger partial charge in [0.2, 0.25) is 0 Å². The van der Waals surface area contributed by atoms with E-state index in [-0.39, 0.29) is 12.4 Å². The summed E-state index contributed by atoms with van der Waals surface area (Å²) in [4.78, 5) is 21.6. The smallest absolute Gasteiger partial charge is 0.433 e. The van der Waals surface area contributed by atoms with E-state index in [0.717, 1.165) is 11.3 Å².